The molecule has 0 spiro atoms. The number of halogens is 2. The number of likely N-dealkylation sites (tertiary alicyclic amines) is 1. The molecule has 1 heterocycles. The van der Waals surface area contributed by atoms with E-state index in [-0.39, 0.29) is 0 Å². The smallest absolute Gasteiger partial charge is 0.122 e. The maximum Gasteiger partial charge on any atom is 0.122 e. The van der Waals surface area contributed by atoms with Gasteiger partial charge in [-0.3, -0.25) is 4.90 Å². The molecule has 0 amide bonds. The largest absolute Gasteiger partial charge is 0.496 e. The SMILES string of the molecule is COc1ccc(Br)cc1CSc1c(Cl)cccc1CN1CCC1. The Balaban J connectivity index is 1.78. The summed E-state index contributed by atoms with van der Waals surface area (Å²) in [5.41, 5.74) is 2.48. The van der Waals surface area contributed by atoms with E-state index in [4.69, 9.17) is 16.3 Å². The molecule has 0 unspecified atom stereocenters. The first-order chi connectivity index (χ1) is 11.2. The first-order valence-electron chi connectivity index (χ1n) is 7.62. The number of rotatable bonds is 6. The molecule has 2 aromatic carbocycles. The molecule has 1 aliphatic heterocycles. The Labute approximate surface area is 155 Å². The van der Waals surface area contributed by atoms with Gasteiger partial charge in [-0.2, -0.15) is 0 Å². The van der Waals surface area contributed by atoms with E-state index in [0.29, 0.717) is 0 Å². The second-order valence-electron chi connectivity index (χ2n) is 5.60. The number of ether oxygens (including phenoxy) is 1. The molecule has 0 saturated carbocycles. The summed E-state index contributed by atoms with van der Waals surface area (Å²) < 4.78 is 6.53. The van der Waals surface area contributed by atoms with Gasteiger partial charge in [0.05, 0.1) is 12.1 Å². The first-order valence-corrected chi connectivity index (χ1v) is 9.78. The van der Waals surface area contributed by atoms with Gasteiger partial charge >= 0.3 is 0 Å². The van der Waals surface area contributed by atoms with Crippen LogP contribution in [0.3, 0.4) is 0 Å². The fraction of sp³-hybridized carbons (Fsp3) is 0.333. The monoisotopic (exact) mass is 411 g/mol. The van der Waals surface area contributed by atoms with Gasteiger partial charge in [0.1, 0.15) is 5.75 Å². The lowest BCUT2D eigenvalue weighted by atomic mass is 10.1. The fourth-order valence-corrected chi connectivity index (χ4v) is 4.45. The summed E-state index contributed by atoms with van der Waals surface area (Å²) in [4.78, 5) is 3.64. The van der Waals surface area contributed by atoms with E-state index >= 15 is 0 Å². The third-order valence-corrected chi connectivity index (χ3v) is 6.15. The number of methoxy groups -OCH3 is 1. The number of nitrogens with zero attached hydrogens (tertiary/aromatic N) is 1. The van der Waals surface area contributed by atoms with E-state index < -0.39 is 0 Å². The summed E-state index contributed by atoms with van der Waals surface area (Å²) in [7, 11) is 1.71. The lowest BCUT2D eigenvalue weighted by Crippen LogP contribution is -2.36. The summed E-state index contributed by atoms with van der Waals surface area (Å²) >= 11 is 11.8. The minimum Gasteiger partial charge on any atom is -0.496 e. The van der Waals surface area contributed by atoms with Gasteiger partial charge in [-0.1, -0.05) is 39.7 Å². The molecule has 1 fully saturated rings. The van der Waals surface area contributed by atoms with Gasteiger partial charge in [-0.25, -0.2) is 0 Å². The topological polar surface area (TPSA) is 12.5 Å². The highest BCUT2D eigenvalue weighted by molar-refractivity contribution is 9.10. The maximum atomic E-state index is 6.47. The van der Waals surface area contributed by atoms with Crippen LogP contribution in [0.25, 0.3) is 0 Å². The van der Waals surface area contributed by atoms with Crippen LogP contribution in [-0.2, 0) is 12.3 Å². The van der Waals surface area contributed by atoms with E-state index in [9.17, 15) is 0 Å². The number of thioether (sulfide) groups is 1. The molecule has 2 nitrogen and oxygen atoms in total. The van der Waals surface area contributed by atoms with Crippen LogP contribution in [-0.4, -0.2) is 25.1 Å². The second kappa shape index (κ2) is 7.93. The minimum absolute atomic E-state index is 0.833. The van der Waals surface area contributed by atoms with Crippen molar-refractivity contribution in [3.63, 3.8) is 0 Å². The van der Waals surface area contributed by atoms with Gasteiger partial charge in [0.15, 0.2) is 0 Å². The van der Waals surface area contributed by atoms with E-state index in [0.717, 1.165) is 27.5 Å². The molecular weight excluding hydrogens is 394 g/mol. The highest BCUT2D eigenvalue weighted by Crippen LogP contribution is 2.36. The number of hydrogen-bond donors (Lipinski definition) is 0. The third kappa shape index (κ3) is 4.24. The van der Waals surface area contributed by atoms with Gasteiger partial charge in [-0.15, -0.1) is 11.8 Å². The molecule has 0 aromatic heterocycles. The van der Waals surface area contributed by atoms with Crippen molar-refractivity contribution in [1.82, 2.24) is 4.90 Å². The van der Waals surface area contributed by atoms with Crippen molar-refractivity contribution in [2.24, 2.45) is 0 Å². The molecule has 2 aromatic rings. The number of hydrogen-bond acceptors (Lipinski definition) is 3. The van der Waals surface area contributed by atoms with Crippen LogP contribution < -0.4 is 4.74 Å². The molecule has 0 bridgehead atoms. The predicted octanol–water partition coefficient (Wildman–Crippen LogP) is 5.61. The van der Waals surface area contributed by atoms with E-state index in [1.807, 2.05) is 24.3 Å². The first kappa shape index (κ1) is 17.2. The van der Waals surface area contributed by atoms with E-state index in [1.165, 1.54) is 35.5 Å². The van der Waals surface area contributed by atoms with Gasteiger partial charge in [0.25, 0.3) is 0 Å². The van der Waals surface area contributed by atoms with E-state index in [2.05, 4.69) is 33.0 Å². The van der Waals surface area contributed by atoms with E-state index in [1.54, 1.807) is 18.9 Å². The Bertz CT molecular complexity index is 691. The average molecular weight is 413 g/mol. The summed E-state index contributed by atoms with van der Waals surface area (Å²) in [5, 5.41) is 0.835. The van der Waals surface area contributed by atoms with Crippen molar-refractivity contribution in [1.29, 1.82) is 0 Å². The summed E-state index contributed by atoms with van der Waals surface area (Å²) in [6.07, 6.45) is 1.30. The van der Waals surface area contributed by atoms with Crippen LogP contribution in [0.15, 0.2) is 45.8 Å². The molecule has 5 heteroatoms. The zero-order chi connectivity index (χ0) is 16.2. The quantitative estimate of drug-likeness (QED) is 0.572. The van der Waals surface area contributed by atoms with Crippen molar-refractivity contribution in [3.05, 3.63) is 57.0 Å². The molecule has 23 heavy (non-hydrogen) atoms. The fourth-order valence-electron chi connectivity index (χ4n) is 2.63. The normalized spacial score (nSPS) is 14.6. The van der Waals surface area contributed by atoms with Crippen molar-refractivity contribution in [3.8, 4) is 5.75 Å². The second-order valence-corrected chi connectivity index (χ2v) is 7.91. The van der Waals surface area contributed by atoms with Crippen LogP contribution >= 0.6 is 39.3 Å². The van der Waals surface area contributed by atoms with Crippen LogP contribution in [0.4, 0.5) is 0 Å². The molecule has 0 atom stereocenters. The third-order valence-electron chi connectivity index (χ3n) is 4.01. The Morgan fingerprint density at radius 2 is 2.04 bits per heavy atom. The van der Waals surface area contributed by atoms with Crippen LogP contribution in [0, 0.1) is 0 Å². The van der Waals surface area contributed by atoms with Gasteiger partial charge in [-0.05, 0) is 49.3 Å². The lowest BCUT2D eigenvalue weighted by molar-refractivity contribution is 0.171. The average Bonchev–Trinajstić information content (AvgIpc) is 2.50. The summed E-state index contributed by atoms with van der Waals surface area (Å²) in [6.45, 7) is 3.37. The molecule has 1 aliphatic rings. The predicted molar refractivity (Wildman–Crippen MR) is 102 cm³/mol. The van der Waals surface area contributed by atoms with Crippen LogP contribution in [0.2, 0.25) is 5.02 Å². The van der Waals surface area contributed by atoms with Crippen molar-refractivity contribution >= 4 is 39.3 Å². The highest BCUT2D eigenvalue weighted by Gasteiger charge is 2.17. The van der Waals surface area contributed by atoms with Crippen LogP contribution in [0.1, 0.15) is 17.5 Å². The molecule has 0 radical (unpaired) electrons. The maximum absolute atomic E-state index is 6.47. The van der Waals surface area contributed by atoms with Crippen molar-refractivity contribution < 1.29 is 4.74 Å². The van der Waals surface area contributed by atoms with Crippen molar-refractivity contribution in [2.45, 2.75) is 23.6 Å². The molecule has 0 N–H and O–H groups in total. The Morgan fingerprint density at radius 1 is 1.22 bits per heavy atom. The number of benzene rings is 2. The van der Waals surface area contributed by atoms with Gasteiger partial charge < -0.3 is 4.74 Å². The highest BCUT2D eigenvalue weighted by atomic mass is 79.9. The summed E-state index contributed by atoms with van der Waals surface area (Å²) in [5.74, 6) is 1.75. The summed E-state index contributed by atoms with van der Waals surface area (Å²) in [6, 6.07) is 12.3. The molecule has 3 rings (SSSR count). The standard InChI is InChI=1S/C18H19BrClNOS/c1-22-17-7-6-15(19)10-14(17)12-23-18-13(4-2-5-16(18)20)11-21-8-3-9-21/h2,4-7,10H,3,8-9,11-12H2,1H3. The van der Waals surface area contributed by atoms with Gasteiger partial charge in [0.2, 0.25) is 0 Å². The molecule has 0 aliphatic carbocycles. The molecule has 1 saturated heterocycles. The molecular formula is C18H19BrClNOS. The zero-order valence-electron chi connectivity index (χ0n) is 13.0. The van der Waals surface area contributed by atoms with Crippen LogP contribution in [0.5, 0.6) is 5.75 Å². The zero-order valence-corrected chi connectivity index (χ0v) is 16.2. The Morgan fingerprint density at radius 3 is 2.74 bits per heavy atom. The Hall–Kier alpha value is -0.680. The lowest BCUT2D eigenvalue weighted by Gasteiger charge is -2.31. The molecule has 122 valence electrons. The van der Waals surface area contributed by atoms with Gasteiger partial charge in [0, 0.05) is 27.2 Å². The minimum atomic E-state index is 0.833. The van der Waals surface area contributed by atoms with Crippen molar-refractivity contribution in [2.75, 3.05) is 20.2 Å². The Kier molecular flexibility index (Phi) is 5.91.